The molecule has 0 spiro atoms. The highest BCUT2D eigenvalue weighted by Gasteiger charge is 2.36. The van der Waals surface area contributed by atoms with Gasteiger partial charge in [-0.05, 0) is 43.9 Å². The summed E-state index contributed by atoms with van der Waals surface area (Å²) in [7, 11) is 0. The van der Waals surface area contributed by atoms with Gasteiger partial charge < -0.3 is 15.2 Å². The van der Waals surface area contributed by atoms with Crippen LogP contribution in [0, 0.1) is 0 Å². The summed E-state index contributed by atoms with van der Waals surface area (Å²) in [5.74, 6) is -0.259. The summed E-state index contributed by atoms with van der Waals surface area (Å²) in [6.07, 6.45) is -1.92. The van der Waals surface area contributed by atoms with Crippen molar-refractivity contribution in [3.05, 3.63) is 29.8 Å². The van der Waals surface area contributed by atoms with Gasteiger partial charge in [0.15, 0.2) is 0 Å². The van der Waals surface area contributed by atoms with Crippen molar-refractivity contribution in [2.45, 2.75) is 44.2 Å². The van der Waals surface area contributed by atoms with E-state index in [0.29, 0.717) is 12.2 Å². The molecule has 3 nitrogen and oxygen atoms in total. The Bertz CT molecular complexity index is 456. The average Bonchev–Trinajstić information content (AvgIpc) is 2.37. The van der Waals surface area contributed by atoms with Crippen LogP contribution in [0.2, 0.25) is 0 Å². The van der Waals surface area contributed by atoms with Gasteiger partial charge in [0.05, 0.1) is 11.6 Å². The van der Waals surface area contributed by atoms with Crippen molar-refractivity contribution in [3.63, 3.8) is 0 Å². The van der Waals surface area contributed by atoms with E-state index in [-0.39, 0.29) is 5.75 Å². The number of halogens is 3. The van der Waals surface area contributed by atoms with Gasteiger partial charge in [0.2, 0.25) is 0 Å². The second-order valence-corrected chi connectivity index (χ2v) is 5.22. The quantitative estimate of drug-likeness (QED) is 0.925. The fourth-order valence-corrected chi connectivity index (χ4v) is 2.46. The molecule has 0 amide bonds. The van der Waals surface area contributed by atoms with E-state index in [1.807, 2.05) is 6.92 Å². The van der Waals surface area contributed by atoms with E-state index in [2.05, 4.69) is 4.74 Å². The van der Waals surface area contributed by atoms with E-state index < -0.39 is 18.0 Å². The molecule has 2 N–H and O–H groups in total. The summed E-state index contributed by atoms with van der Waals surface area (Å²) in [6, 6.07) is 5.29. The number of benzene rings is 1. The maximum atomic E-state index is 12.2. The second-order valence-electron chi connectivity index (χ2n) is 5.22. The van der Waals surface area contributed by atoms with E-state index in [9.17, 15) is 13.2 Å². The largest absolute Gasteiger partial charge is 0.573 e. The van der Waals surface area contributed by atoms with Crippen molar-refractivity contribution in [1.82, 2.24) is 0 Å². The smallest absolute Gasteiger partial charge is 0.406 e. The van der Waals surface area contributed by atoms with Crippen LogP contribution in [-0.2, 0) is 4.74 Å². The topological polar surface area (TPSA) is 44.5 Å². The molecule has 2 rings (SSSR count). The lowest BCUT2D eigenvalue weighted by molar-refractivity contribution is -0.274. The van der Waals surface area contributed by atoms with Crippen molar-refractivity contribution in [1.29, 1.82) is 0 Å². The third-order valence-corrected chi connectivity index (χ3v) is 3.61. The Balaban J connectivity index is 2.17. The summed E-state index contributed by atoms with van der Waals surface area (Å²) in [5.41, 5.74) is 6.21. The minimum atomic E-state index is -4.70. The number of rotatable bonds is 3. The zero-order valence-corrected chi connectivity index (χ0v) is 11.2. The highest BCUT2D eigenvalue weighted by molar-refractivity contribution is 5.32. The van der Waals surface area contributed by atoms with Crippen LogP contribution in [0.15, 0.2) is 24.3 Å². The van der Waals surface area contributed by atoms with E-state index >= 15 is 0 Å². The summed E-state index contributed by atoms with van der Waals surface area (Å²) < 4.78 is 46.3. The number of hydrogen-bond acceptors (Lipinski definition) is 3. The number of hydrogen-bond donors (Lipinski definition) is 1. The highest BCUT2D eigenvalue weighted by atomic mass is 19.4. The summed E-state index contributed by atoms with van der Waals surface area (Å²) in [6.45, 7) is 2.52. The van der Waals surface area contributed by atoms with Crippen molar-refractivity contribution >= 4 is 0 Å². The first-order valence-corrected chi connectivity index (χ1v) is 6.55. The fraction of sp³-hybridized carbons (Fsp3) is 0.571. The van der Waals surface area contributed by atoms with Crippen LogP contribution in [0.4, 0.5) is 13.2 Å². The maximum Gasteiger partial charge on any atom is 0.573 e. The molecule has 2 atom stereocenters. The molecule has 1 aromatic carbocycles. The predicted molar refractivity (Wildman–Crippen MR) is 68.3 cm³/mol. The number of alkyl halides is 3. The van der Waals surface area contributed by atoms with Crippen molar-refractivity contribution in [2.75, 3.05) is 6.61 Å². The number of nitrogens with two attached hydrogens (primary N) is 1. The predicted octanol–water partition coefficient (Wildman–Crippen LogP) is 3.54. The van der Waals surface area contributed by atoms with E-state index in [1.54, 1.807) is 6.07 Å². The molecule has 0 radical (unpaired) electrons. The molecule has 0 saturated carbocycles. The Kier molecular flexibility index (Phi) is 4.25. The molecule has 2 unspecified atom stereocenters. The summed E-state index contributed by atoms with van der Waals surface area (Å²) >= 11 is 0. The van der Waals surface area contributed by atoms with Crippen LogP contribution >= 0.6 is 0 Å². The molecular formula is C14H18F3NO2. The average molecular weight is 289 g/mol. The van der Waals surface area contributed by atoms with Crippen LogP contribution in [0.5, 0.6) is 5.75 Å². The molecule has 1 aliphatic rings. The van der Waals surface area contributed by atoms with Crippen LogP contribution in [0.1, 0.15) is 37.8 Å². The van der Waals surface area contributed by atoms with Crippen molar-refractivity contribution in [3.8, 4) is 5.75 Å². The maximum absolute atomic E-state index is 12.2. The van der Waals surface area contributed by atoms with E-state index in [0.717, 1.165) is 19.3 Å². The SMILES string of the molecule is CC1(C(N)c2cccc(OC(F)(F)F)c2)CCCCO1. The monoisotopic (exact) mass is 289 g/mol. The molecule has 1 saturated heterocycles. The van der Waals surface area contributed by atoms with Gasteiger partial charge in [-0.3, -0.25) is 0 Å². The third-order valence-electron chi connectivity index (χ3n) is 3.61. The Morgan fingerprint density at radius 2 is 2.10 bits per heavy atom. The third kappa shape index (κ3) is 3.64. The molecule has 0 aromatic heterocycles. The Labute approximate surface area is 115 Å². The number of ether oxygens (including phenoxy) is 2. The zero-order valence-electron chi connectivity index (χ0n) is 11.2. The van der Waals surface area contributed by atoms with Crippen molar-refractivity contribution in [2.24, 2.45) is 5.73 Å². The first kappa shape index (κ1) is 15.1. The molecule has 0 aliphatic carbocycles. The molecule has 0 bridgehead atoms. The molecule has 112 valence electrons. The van der Waals surface area contributed by atoms with Gasteiger partial charge in [-0.2, -0.15) is 0 Å². The lowest BCUT2D eigenvalue weighted by atomic mass is 9.85. The van der Waals surface area contributed by atoms with Crippen LogP contribution in [0.25, 0.3) is 0 Å². The Morgan fingerprint density at radius 3 is 2.70 bits per heavy atom. The van der Waals surface area contributed by atoms with Crippen molar-refractivity contribution < 1.29 is 22.6 Å². The Morgan fingerprint density at radius 1 is 1.35 bits per heavy atom. The lowest BCUT2D eigenvalue weighted by Crippen LogP contribution is -2.43. The van der Waals surface area contributed by atoms with Crippen LogP contribution in [-0.4, -0.2) is 18.6 Å². The fourth-order valence-electron chi connectivity index (χ4n) is 2.46. The van der Waals surface area contributed by atoms with E-state index in [4.69, 9.17) is 10.5 Å². The zero-order chi connectivity index (χ0) is 14.8. The molecular weight excluding hydrogens is 271 g/mol. The first-order valence-electron chi connectivity index (χ1n) is 6.55. The van der Waals surface area contributed by atoms with Crippen LogP contribution in [0.3, 0.4) is 0 Å². The minimum Gasteiger partial charge on any atom is -0.406 e. The molecule has 6 heteroatoms. The first-order chi connectivity index (χ1) is 9.30. The summed E-state index contributed by atoms with van der Waals surface area (Å²) in [5, 5.41) is 0. The summed E-state index contributed by atoms with van der Waals surface area (Å²) in [4.78, 5) is 0. The molecule has 1 aliphatic heterocycles. The van der Waals surface area contributed by atoms with E-state index in [1.165, 1.54) is 18.2 Å². The molecule has 20 heavy (non-hydrogen) atoms. The van der Waals surface area contributed by atoms with Gasteiger partial charge in [0.1, 0.15) is 5.75 Å². The molecule has 1 heterocycles. The van der Waals surface area contributed by atoms with Gasteiger partial charge in [-0.25, -0.2) is 0 Å². The highest BCUT2D eigenvalue weighted by Crippen LogP contribution is 2.36. The second kappa shape index (κ2) is 5.61. The van der Waals surface area contributed by atoms with Gasteiger partial charge >= 0.3 is 6.36 Å². The molecule has 1 fully saturated rings. The Hall–Kier alpha value is -1.27. The minimum absolute atomic E-state index is 0.259. The molecule has 1 aromatic rings. The van der Waals surface area contributed by atoms with Gasteiger partial charge in [0, 0.05) is 6.61 Å². The van der Waals surface area contributed by atoms with Crippen LogP contribution < -0.4 is 10.5 Å². The standard InChI is InChI=1S/C14H18F3NO2/c1-13(7-2-3-8-19-13)12(18)10-5-4-6-11(9-10)20-14(15,16)17/h4-6,9,12H,2-3,7-8,18H2,1H3. The normalized spacial score (nSPS) is 25.2. The van der Waals surface area contributed by atoms with Gasteiger partial charge in [-0.1, -0.05) is 12.1 Å². The lowest BCUT2D eigenvalue weighted by Gasteiger charge is -2.39. The van der Waals surface area contributed by atoms with Gasteiger partial charge in [0.25, 0.3) is 0 Å². The van der Waals surface area contributed by atoms with Gasteiger partial charge in [-0.15, -0.1) is 13.2 Å².